The fourth-order valence-electron chi connectivity index (χ4n) is 4.23. The van der Waals surface area contributed by atoms with Gasteiger partial charge in [-0.2, -0.15) is 0 Å². The standard InChI is InChI=1S/C9H11F.C8H8ClF.C7H5BrF2.C7H6BrF.C7H5ClF2.C7H6F2/c1-6-4-5-7(2)9(10)8(6)3;1-5-3-4-7(9)8(10)6(5)2;1-4-2-5(9)7(8)6(10)3-4;1-5-2-3-6(8)7(9)4-5;1-4-2-5(9)7(8)6(10)3-4;1-5-2-3-6(8)7(9)4-5/h4-5H,1-3H3;3-4H,1-2H3;2-3H,1H3;2-4H,1H3;2-3H,1H3;2-4H,1H3. The van der Waals surface area contributed by atoms with Crippen LogP contribution in [0.15, 0.2) is 93.9 Å². The summed E-state index contributed by atoms with van der Waals surface area (Å²) in [6, 6.07) is 20.9. The molecule has 0 amide bonds. The van der Waals surface area contributed by atoms with Gasteiger partial charge in [-0.1, -0.05) is 53.5 Å². The molecule has 0 saturated heterocycles. The van der Waals surface area contributed by atoms with E-state index in [9.17, 15) is 39.5 Å². The lowest BCUT2D eigenvalue weighted by Gasteiger charge is -2.02. The molecule has 0 radical (unpaired) electrons. The van der Waals surface area contributed by atoms with E-state index in [0.29, 0.717) is 21.2 Å². The first-order valence-corrected chi connectivity index (χ1v) is 19.4. The molecule has 58 heavy (non-hydrogen) atoms. The van der Waals surface area contributed by atoms with Crippen LogP contribution < -0.4 is 0 Å². The van der Waals surface area contributed by atoms with Crippen molar-refractivity contribution in [1.29, 1.82) is 0 Å². The minimum absolute atomic E-state index is 0.0694. The van der Waals surface area contributed by atoms with E-state index < -0.39 is 39.9 Å². The molecule has 6 aromatic carbocycles. The zero-order chi connectivity index (χ0) is 44.6. The molecule has 6 aromatic rings. The van der Waals surface area contributed by atoms with E-state index in [1.54, 1.807) is 65.8 Å². The molecule has 0 unspecified atom stereocenters. The summed E-state index contributed by atoms with van der Waals surface area (Å²) in [7, 11) is 0. The molecule has 0 atom stereocenters. The molecule has 0 aromatic heterocycles. The van der Waals surface area contributed by atoms with Gasteiger partial charge in [0.2, 0.25) is 0 Å². The van der Waals surface area contributed by atoms with Gasteiger partial charge in [0.1, 0.15) is 45.7 Å². The highest BCUT2D eigenvalue weighted by Crippen LogP contribution is 2.22. The van der Waals surface area contributed by atoms with Gasteiger partial charge >= 0.3 is 0 Å². The van der Waals surface area contributed by atoms with E-state index in [-0.39, 0.29) is 26.9 Å². The summed E-state index contributed by atoms with van der Waals surface area (Å²) in [4.78, 5) is 0. The van der Waals surface area contributed by atoms with Crippen LogP contribution >= 0.6 is 55.1 Å². The Morgan fingerprint density at radius 3 is 1.14 bits per heavy atom. The Labute approximate surface area is 361 Å². The SMILES string of the molecule is Cc1cc(F)c(Br)c(F)c1.Cc1cc(F)c(Cl)c(F)c1.Cc1ccc(Br)c(F)c1.Cc1ccc(C)c(F)c1C.Cc1ccc(Cl)c(F)c1C.Cc1ccc(F)c(F)c1. The van der Waals surface area contributed by atoms with Gasteiger partial charge < -0.3 is 0 Å². The van der Waals surface area contributed by atoms with Crippen LogP contribution in [0.5, 0.6) is 0 Å². The van der Waals surface area contributed by atoms with Crippen molar-refractivity contribution in [2.24, 2.45) is 0 Å². The second kappa shape index (κ2) is 25.0. The van der Waals surface area contributed by atoms with Gasteiger partial charge in [0.25, 0.3) is 0 Å². The first kappa shape index (κ1) is 52.2. The van der Waals surface area contributed by atoms with Crippen LogP contribution in [-0.2, 0) is 0 Å². The van der Waals surface area contributed by atoms with Crippen molar-refractivity contribution in [3.8, 4) is 0 Å². The maximum atomic E-state index is 13.0. The molecule has 6 rings (SSSR count). The lowest BCUT2D eigenvalue weighted by Crippen LogP contribution is -1.89. The van der Waals surface area contributed by atoms with E-state index in [1.807, 2.05) is 32.9 Å². The molecule has 0 heterocycles. The third-order valence-corrected chi connectivity index (χ3v) is 9.92. The van der Waals surface area contributed by atoms with E-state index >= 15 is 0 Å². The van der Waals surface area contributed by atoms with Crippen molar-refractivity contribution in [2.45, 2.75) is 62.3 Å². The second-order valence-electron chi connectivity index (χ2n) is 12.9. The van der Waals surface area contributed by atoms with Crippen molar-refractivity contribution < 1.29 is 39.5 Å². The molecule has 13 heteroatoms. The number of benzene rings is 6. The van der Waals surface area contributed by atoms with Gasteiger partial charge in [-0.3, -0.25) is 0 Å². The Kier molecular flexibility index (Phi) is 22.5. The normalized spacial score (nSPS) is 9.90. The van der Waals surface area contributed by atoms with Crippen molar-refractivity contribution in [3.63, 3.8) is 0 Å². The number of hydrogen-bond donors (Lipinski definition) is 0. The average molecular weight is 984 g/mol. The zero-order valence-corrected chi connectivity index (χ0v) is 37.7. The average Bonchev–Trinajstić information content (AvgIpc) is 3.15. The predicted octanol–water partition coefficient (Wildman–Crippen LogP) is 17.0. The van der Waals surface area contributed by atoms with Gasteiger partial charge in [-0.25, -0.2) is 39.5 Å². The van der Waals surface area contributed by atoms with Crippen molar-refractivity contribution in [1.82, 2.24) is 0 Å². The van der Waals surface area contributed by atoms with Crippen LogP contribution in [0.25, 0.3) is 0 Å². The second-order valence-corrected chi connectivity index (χ2v) is 15.3. The maximum absolute atomic E-state index is 13.0. The lowest BCUT2D eigenvalue weighted by atomic mass is 10.1. The number of aryl methyl sites for hydroxylation is 7. The molecule has 0 spiro atoms. The van der Waals surface area contributed by atoms with Crippen molar-refractivity contribution in [3.05, 3.63) is 206 Å². The third-order valence-electron chi connectivity index (χ3n) is 7.87. The summed E-state index contributed by atoms with van der Waals surface area (Å²) in [6.45, 7) is 15.9. The van der Waals surface area contributed by atoms with Crippen LogP contribution in [-0.4, -0.2) is 0 Å². The molecule has 0 nitrogen and oxygen atoms in total. The molecule has 0 bridgehead atoms. The highest BCUT2D eigenvalue weighted by molar-refractivity contribution is 9.10. The predicted molar refractivity (Wildman–Crippen MR) is 226 cm³/mol. The third kappa shape index (κ3) is 17.6. The quantitative estimate of drug-likeness (QED) is 0.105. The summed E-state index contributed by atoms with van der Waals surface area (Å²) in [5.74, 6) is -4.68. The smallest absolute Gasteiger partial charge is 0.159 e. The van der Waals surface area contributed by atoms with Crippen molar-refractivity contribution in [2.75, 3.05) is 0 Å². The van der Waals surface area contributed by atoms with Gasteiger partial charge in [-0.05, 0) is 199 Å². The van der Waals surface area contributed by atoms with Gasteiger partial charge in [0, 0.05) is 0 Å². The van der Waals surface area contributed by atoms with E-state index in [1.165, 1.54) is 36.4 Å². The van der Waals surface area contributed by atoms with Crippen LogP contribution in [0, 0.1) is 115 Å². The zero-order valence-electron chi connectivity index (χ0n) is 33.0. The first-order chi connectivity index (χ1) is 26.9. The Bertz CT molecular complexity index is 2040. The van der Waals surface area contributed by atoms with Gasteiger partial charge in [0.05, 0.1) is 14.0 Å². The van der Waals surface area contributed by atoms with Crippen molar-refractivity contribution >= 4 is 55.1 Å². The Balaban J connectivity index is 0.000000348. The summed E-state index contributed by atoms with van der Waals surface area (Å²) in [5.41, 5.74) is 6.85. The van der Waals surface area contributed by atoms with Gasteiger partial charge in [-0.15, -0.1) is 0 Å². The Morgan fingerprint density at radius 1 is 0.362 bits per heavy atom. The molecule has 0 N–H and O–H groups in total. The summed E-state index contributed by atoms with van der Waals surface area (Å²) >= 11 is 16.5. The fourth-order valence-corrected chi connectivity index (χ4v) is 5.02. The van der Waals surface area contributed by atoms with Crippen LogP contribution in [0.3, 0.4) is 0 Å². The summed E-state index contributed by atoms with van der Waals surface area (Å²) in [6.07, 6.45) is 0. The largest absolute Gasteiger partial charge is 0.206 e. The lowest BCUT2D eigenvalue weighted by molar-refractivity contribution is 0.508. The Morgan fingerprint density at radius 2 is 0.741 bits per heavy atom. The molecule has 0 aliphatic rings. The molecule has 312 valence electrons. The van der Waals surface area contributed by atoms with Gasteiger partial charge in [0.15, 0.2) is 11.6 Å². The number of halogens is 13. The monoisotopic (exact) mass is 980 g/mol. The summed E-state index contributed by atoms with van der Waals surface area (Å²) < 4.78 is 113. The van der Waals surface area contributed by atoms with Crippen LogP contribution in [0.4, 0.5) is 39.5 Å². The molecular formula is C45H41Br2Cl2F9. The topological polar surface area (TPSA) is 0 Å². The van der Waals surface area contributed by atoms with Crippen LogP contribution in [0.1, 0.15) is 50.1 Å². The highest BCUT2D eigenvalue weighted by atomic mass is 79.9. The molecule has 0 aliphatic carbocycles. The molecular weight excluding hydrogens is 942 g/mol. The number of hydrogen-bond acceptors (Lipinski definition) is 0. The molecule has 0 fully saturated rings. The van der Waals surface area contributed by atoms with Crippen LogP contribution in [0.2, 0.25) is 10.0 Å². The van der Waals surface area contributed by atoms with E-state index in [0.717, 1.165) is 45.5 Å². The minimum Gasteiger partial charge on any atom is -0.206 e. The first-order valence-electron chi connectivity index (χ1n) is 17.1. The number of rotatable bonds is 0. The summed E-state index contributed by atoms with van der Waals surface area (Å²) in [5, 5.41) is -0.242. The highest BCUT2D eigenvalue weighted by Gasteiger charge is 2.07. The minimum atomic E-state index is -0.791. The fraction of sp³-hybridized carbons (Fsp3) is 0.200. The van der Waals surface area contributed by atoms with E-state index in [4.69, 9.17) is 23.2 Å². The maximum Gasteiger partial charge on any atom is 0.159 e. The molecule has 0 saturated carbocycles. The Hall–Kier alpha value is -3.77. The van der Waals surface area contributed by atoms with E-state index in [2.05, 4.69) is 31.9 Å². The molecule has 0 aliphatic heterocycles.